The number of aromatic nitrogens is 6. The Kier molecular flexibility index (Phi) is 2.81. The molecule has 0 unspecified atom stereocenters. The van der Waals surface area contributed by atoms with Gasteiger partial charge in [0.05, 0.1) is 13.3 Å². The molecule has 0 saturated carbocycles. The first-order valence-corrected chi connectivity index (χ1v) is 4.40. The lowest BCUT2D eigenvalue weighted by Crippen LogP contribution is -2.14. The predicted octanol–water partition coefficient (Wildman–Crippen LogP) is -0.697. The van der Waals surface area contributed by atoms with Crippen molar-refractivity contribution in [3.63, 3.8) is 0 Å². The summed E-state index contributed by atoms with van der Waals surface area (Å²) in [4.78, 5) is 19.0. The molecule has 0 fully saturated rings. The number of rotatable bonds is 3. The molecule has 0 N–H and O–H groups in total. The molecule has 0 spiro atoms. The number of methoxy groups -OCH3 is 1. The van der Waals surface area contributed by atoms with Gasteiger partial charge in [-0.3, -0.25) is 9.78 Å². The summed E-state index contributed by atoms with van der Waals surface area (Å²) in [5, 5.41) is 10.9. The Morgan fingerprint density at radius 1 is 1.50 bits per heavy atom. The molecule has 0 aromatic carbocycles. The largest absolute Gasteiger partial charge is 0.468 e. The van der Waals surface area contributed by atoms with E-state index in [-0.39, 0.29) is 6.54 Å². The molecule has 0 aliphatic heterocycles. The number of hydrogen-bond acceptors (Lipinski definition) is 7. The molecule has 0 radical (unpaired) electrons. The van der Waals surface area contributed by atoms with Crippen molar-refractivity contribution in [2.75, 3.05) is 7.11 Å². The summed E-state index contributed by atoms with van der Waals surface area (Å²) >= 11 is 0. The standard InChI is InChI=1S/C8H8N6O2/c1-16-7(15)5-14-8(11-12-13-14)6-4-9-2-3-10-6/h2-4H,5H2,1H3. The number of carbonyl (C=O) groups is 1. The molecule has 0 bridgehead atoms. The first-order chi connectivity index (χ1) is 7.81. The Morgan fingerprint density at radius 3 is 3.06 bits per heavy atom. The number of ether oxygens (including phenoxy) is 1. The summed E-state index contributed by atoms with van der Waals surface area (Å²) in [5.41, 5.74) is 0.497. The van der Waals surface area contributed by atoms with Crippen LogP contribution in [0.2, 0.25) is 0 Å². The van der Waals surface area contributed by atoms with Crippen LogP contribution in [0, 0.1) is 0 Å². The molecule has 0 saturated heterocycles. The summed E-state index contributed by atoms with van der Waals surface area (Å²) < 4.78 is 5.82. The third-order valence-corrected chi connectivity index (χ3v) is 1.83. The van der Waals surface area contributed by atoms with Crippen molar-refractivity contribution in [1.29, 1.82) is 0 Å². The molecule has 0 amide bonds. The number of esters is 1. The van der Waals surface area contributed by atoms with E-state index in [2.05, 4.69) is 30.2 Å². The predicted molar refractivity (Wildman–Crippen MR) is 50.9 cm³/mol. The van der Waals surface area contributed by atoms with E-state index in [4.69, 9.17) is 0 Å². The molecule has 8 heteroatoms. The van der Waals surface area contributed by atoms with Crippen LogP contribution in [0.4, 0.5) is 0 Å². The van der Waals surface area contributed by atoms with E-state index < -0.39 is 5.97 Å². The SMILES string of the molecule is COC(=O)Cn1nnnc1-c1cnccn1. The second kappa shape index (κ2) is 4.43. The molecule has 82 valence electrons. The minimum Gasteiger partial charge on any atom is -0.468 e. The maximum Gasteiger partial charge on any atom is 0.327 e. The van der Waals surface area contributed by atoms with Gasteiger partial charge in [0, 0.05) is 12.4 Å². The highest BCUT2D eigenvalue weighted by Gasteiger charge is 2.13. The molecule has 0 atom stereocenters. The molecule has 2 rings (SSSR count). The Balaban J connectivity index is 2.29. The monoisotopic (exact) mass is 220 g/mol. The second-order valence-electron chi connectivity index (χ2n) is 2.83. The molecule has 8 nitrogen and oxygen atoms in total. The molecule has 0 aliphatic rings. The first kappa shape index (κ1) is 10.1. The zero-order valence-corrected chi connectivity index (χ0v) is 8.44. The van der Waals surface area contributed by atoms with E-state index >= 15 is 0 Å². The zero-order valence-electron chi connectivity index (χ0n) is 8.44. The van der Waals surface area contributed by atoms with Crippen LogP contribution in [0.3, 0.4) is 0 Å². The highest BCUT2D eigenvalue weighted by Crippen LogP contribution is 2.09. The molecular formula is C8H8N6O2. The Morgan fingerprint density at radius 2 is 2.38 bits per heavy atom. The van der Waals surface area contributed by atoms with Gasteiger partial charge in [-0.25, -0.2) is 9.67 Å². The summed E-state index contributed by atoms with van der Waals surface area (Å²) in [6, 6.07) is 0. The normalized spacial score (nSPS) is 10.1. The third-order valence-electron chi connectivity index (χ3n) is 1.83. The van der Waals surface area contributed by atoms with E-state index in [9.17, 15) is 4.79 Å². The van der Waals surface area contributed by atoms with Crippen LogP contribution < -0.4 is 0 Å². The fraction of sp³-hybridized carbons (Fsp3) is 0.250. The van der Waals surface area contributed by atoms with Gasteiger partial charge in [-0.15, -0.1) is 5.10 Å². The van der Waals surface area contributed by atoms with E-state index in [0.717, 1.165) is 0 Å². The van der Waals surface area contributed by atoms with Gasteiger partial charge in [-0.05, 0) is 10.4 Å². The Hall–Kier alpha value is -2.38. The van der Waals surface area contributed by atoms with Crippen LogP contribution >= 0.6 is 0 Å². The number of nitrogens with zero attached hydrogens (tertiary/aromatic N) is 6. The average Bonchev–Trinajstić information content (AvgIpc) is 2.78. The van der Waals surface area contributed by atoms with Crippen LogP contribution in [0.25, 0.3) is 11.5 Å². The van der Waals surface area contributed by atoms with Crippen LogP contribution in [-0.2, 0) is 16.1 Å². The lowest BCUT2D eigenvalue weighted by Gasteiger charge is -2.01. The maximum absolute atomic E-state index is 11.1. The van der Waals surface area contributed by atoms with Crippen LogP contribution in [0.15, 0.2) is 18.6 Å². The van der Waals surface area contributed by atoms with Crippen LogP contribution in [0.5, 0.6) is 0 Å². The van der Waals surface area contributed by atoms with Gasteiger partial charge >= 0.3 is 5.97 Å². The fourth-order valence-electron chi connectivity index (χ4n) is 1.10. The van der Waals surface area contributed by atoms with Gasteiger partial charge in [0.2, 0.25) is 5.82 Å². The summed E-state index contributed by atoms with van der Waals surface area (Å²) in [6.07, 6.45) is 4.57. The van der Waals surface area contributed by atoms with Crippen molar-refractivity contribution >= 4 is 5.97 Å². The van der Waals surface area contributed by atoms with Gasteiger partial charge in [0.1, 0.15) is 12.2 Å². The highest BCUT2D eigenvalue weighted by atomic mass is 16.5. The quantitative estimate of drug-likeness (QED) is 0.631. The second-order valence-corrected chi connectivity index (χ2v) is 2.83. The van der Waals surface area contributed by atoms with Gasteiger partial charge in [-0.1, -0.05) is 0 Å². The smallest absolute Gasteiger partial charge is 0.327 e. The van der Waals surface area contributed by atoms with Crippen molar-refractivity contribution in [2.45, 2.75) is 6.54 Å². The maximum atomic E-state index is 11.1. The fourth-order valence-corrected chi connectivity index (χ4v) is 1.10. The summed E-state index contributed by atoms with van der Waals surface area (Å²) in [7, 11) is 1.30. The lowest BCUT2D eigenvalue weighted by atomic mass is 10.4. The van der Waals surface area contributed by atoms with Crippen LogP contribution in [0.1, 0.15) is 0 Å². The van der Waals surface area contributed by atoms with Gasteiger partial charge < -0.3 is 4.74 Å². The van der Waals surface area contributed by atoms with Gasteiger partial charge in [0.25, 0.3) is 0 Å². The molecule has 2 aromatic rings. The Labute approximate surface area is 90.3 Å². The Bertz CT molecular complexity index is 482. The van der Waals surface area contributed by atoms with Crippen molar-refractivity contribution in [1.82, 2.24) is 30.2 Å². The molecule has 16 heavy (non-hydrogen) atoms. The zero-order chi connectivity index (χ0) is 11.4. The van der Waals surface area contributed by atoms with Gasteiger partial charge in [0.15, 0.2) is 0 Å². The molecule has 0 aliphatic carbocycles. The van der Waals surface area contributed by atoms with E-state index in [0.29, 0.717) is 11.5 Å². The molecular weight excluding hydrogens is 212 g/mol. The van der Waals surface area contributed by atoms with Crippen LogP contribution in [-0.4, -0.2) is 43.3 Å². The summed E-state index contributed by atoms with van der Waals surface area (Å²) in [6.45, 7) is -0.0601. The third kappa shape index (κ3) is 2.00. The number of carbonyl (C=O) groups excluding carboxylic acids is 1. The number of tetrazole rings is 1. The van der Waals surface area contributed by atoms with E-state index in [1.807, 2.05) is 0 Å². The molecule has 2 heterocycles. The van der Waals surface area contributed by atoms with E-state index in [1.165, 1.54) is 30.4 Å². The highest BCUT2D eigenvalue weighted by molar-refractivity contribution is 5.69. The van der Waals surface area contributed by atoms with Gasteiger partial charge in [-0.2, -0.15) is 0 Å². The molecule has 2 aromatic heterocycles. The van der Waals surface area contributed by atoms with Crippen molar-refractivity contribution in [3.05, 3.63) is 18.6 Å². The lowest BCUT2D eigenvalue weighted by molar-refractivity contribution is -0.141. The van der Waals surface area contributed by atoms with E-state index in [1.54, 1.807) is 0 Å². The van der Waals surface area contributed by atoms with Crippen molar-refractivity contribution in [2.24, 2.45) is 0 Å². The van der Waals surface area contributed by atoms with Crippen molar-refractivity contribution < 1.29 is 9.53 Å². The van der Waals surface area contributed by atoms with Crippen molar-refractivity contribution in [3.8, 4) is 11.5 Å². The first-order valence-electron chi connectivity index (χ1n) is 4.40. The minimum atomic E-state index is -0.433. The topological polar surface area (TPSA) is 95.7 Å². The minimum absolute atomic E-state index is 0.0601. The number of hydrogen-bond donors (Lipinski definition) is 0. The average molecular weight is 220 g/mol. The summed E-state index contributed by atoms with van der Waals surface area (Å²) in [5.74, 6) is -0.0593.